The maximum atomic E-state index is 13.3. The standard InChI is InChI=1S/C18H21F2N3O2/c1-2-13(24)5-3-4-12-10-21-16-15(12)17(23-11-22-16)25-14-6-8-18(19,20)9-7-14/h3,5,10-11,14H,2,4,6-9H2,1H3,(H,21,22,23)/b5-3+. The van der Waals surface area contributed by atoms with Crippen molar-refractivity contribution in [1.29, 1.82) is 0 Å². The van der Waals surface area contributed by atoms with Gasteiger partial charge in [0.25, 0.3) is 0 Å². The number of halogens is 2. The van der Waals surface area contributed by atoms with E-state index in [-0.39, 0.29) is 24.7 Å². The molecule has 0 bridgehead atoms. The number of fused-ring (bicyclic) bond motifs is 1. The number of nitrogens with one attached hydrogen (secondary N) is 1. The average Bonchev–Trinajstić information content (AvgIpc) is 3.01. The minimum atomic E-state index is -2.59. The first-order valence-electron chi connectivity index (χ1n) is 8.53. The van der Waals surface area contributed by atoms with Crippen molar-refractivity contribution in [2.24, 2.45) is 0 Å². The molecule has 1 fully saturated rings. The van der Waals surface area contributed by atoms with E-state index in [0.29, 0.717) is 37.2 Å². The van der Waals surface area contributed by atoms with Crippen LogP contribution in [0.3, 0.4) is 0 Å². The normalized spacial score (nSPS) is 18.0. The fourth-order valence-corrected chi connectivity index (χ4v) is 2.97. The molecule has 25 heavy (non-hydrogen) atoms. The van der Waals surface area contributed by atoms with E-state index in [9.17, 15) is 13.6 Å². The number of allylic oxidation sites excluding steroid dienone is 2. The number of aromatic nitrogens is 3. The maximum Gasteiger partial charge on any atom is 0.248 e. The smallest absolute Gasteiger partial charge is 0.248 e. The third kappa shape index (κ3) is 4.21. The number of ketones is 1. The molecule has 7 heteroatoms. The molecule has 1 N–H and O–H groups in total. The molecule has 0 aliphatic heterocycles. The second-order valence-electron chi connectivity index (χ2n) is 6.32. The highest BCUT2D eigenvalue weighted by Crippen LogP contribution is 2.36. The molecule has 0 unspecified atom stereocenters. The average molecular weight is 349 g/mol. The third-order valence-electron chi connectivity index (χ3n) is 4.45. The van der Waals surface area contributed by atoms with Gasteiger partial charge in [-0.1, -0.05) is 13.0 Å². The molecule has 5 nitrogen and oxygen atoms in total. The van der Waals surface area contributed by atoms with Gasteiger partial charge in [-0.05, 0) is 30.9 Å². The summed E-state index contributed by atoms with van der Waals surface area (Å²) in [4.78, 5) is 22.8. The van der Waals surface area contributed by atoms with Crippen molar-refractivity contribution >= 4 is 16.8 Å². The summed E-state index contributed by atoms with van der Waals surface area (Å²) in [6.45, 7) is 1.81. The zero-order chi connectivity index (χ0) is 17.9. The first-order valence-corrected chi connectivity index (χ1v) is 8.53. The number of rotatable bonds is 6. The van der Waals surface area contributed by atoms with Gasteiger partial charge in [-0.15, -0.1) is 0 Å². The number of carbonyl (C=O) groups excluding carboxylic acids is 1. The largest absolute Gasteiger partial charge is 0.474 e. The fourth-order valence-electron chi connectivity index (χ4n) is 2.97. The number of alkyl halides is 2. The van der Waals surface area contributed by atoms with Gasteiger partial charge in [0.15, 0.2) is 5.78 Å². The van der Waals surface area contributed by atoms with Crippen molar-refractivity contribution in [3.63, 3.8) is 0 Å². The maximum absolute atomic E-state index is 13.3. The van der Waals surface area contributed by atoms with Gasteiger partial charge in [-0.25, -0.2) is 18.7 Å². The van der Waals surface area contributed by atoms with E-state index < -0.39 is 5.92 Å². The number of H-pyrrole nitrogens is 1. The molecular formula is C18H21F2N3O2. The number of hydrogen-bond acceptors (Lipinski definition) is 4. The van der Waals surface area contributed by atoms with Crippen molar-refractivity contribution < 1.29 is 18.3 Å². The summed E-state index contributed by atoms with van der Waals surface area (Å²) in [5, 5.41) is 0.744. The lowest BCUT2D eigenvalue weighted by Crippen LogP contribution is -2.31. The Morgan fingerprint density at radius 3 is 2.88 bits per heavy atom. The Bertz CT molecular complexity index is 776. The minimum Gasteiger partial charge on any atom is -0.474 e. The molecule has 2 aromatic heterocycles. The van der Waals surface area contributed by atoms with Crippen LogP contribution in [0.5, 0.6) is 5.88 Å². The van der Waals surface area contributed by atoms with Crippen molar-refractivity contribution in [3.05, 3.63) is 30.2 Å². The van der Waals surface area contributed by atoms with Gasteiger partial charge < -0.3 is 9.72 Å². The van der Waals surface area contributed by atoms with E-state index in [0.717, 1.165) is 10.9 Å². The summed E-state index contributed by atoms with van der Waals surface area (Å²) in [7, 11) is 0. The lowest BCUT2D eigenvalue weighted by Gasteiger charge is -2.28. The lowest BCUT2D eigenvalue weighted by atomic mass is 9.94. The molecule has 2 aromatic rings. The Labute approximate surface area is 144 Å². The van der Waals surface area contributed by atoms with Crippen LogP contribution in [0.15, 0.2) is 24.7 Å². The topological polar surface area (TPSA) is 67.9 Å². The van der Waals surface area contributed by atoms with Gasteiger partial charge in [0.2, 0.25) is 11.8 Å². The Morgan fingerprint density at radius 2 is 2.16 bits per heavy atom. The van der Waals surface area contributed by atoms with E-state index in [1.807, 2.05) is 13.1 Å². The zero-order valence-electron chi connectivity index (χ0n) is 14.1. The second kappa shape index (κ2) is 7.29. The molecule has 0 spiro atoms. The van der Waals surface area contributed by atoms with Crippen molar-refractivity contribution in [1.82, 2.24) is 15.0 Å². The number of nitrogens with zero attached hydrogens (tertiary/aromatic N) is 2. The van der Waals surface area contributed by atoms with Crippen LogP contribution in [-0.4, -0.2) is 32.8 Å². The highest BCUT2D eigenvalue weighted by atomic mass is 19.3. The van der Waals surface area contributed by atoms with Crippen LogP contribution in [0, 0.1) is 0 Å². The molecule has 0 saturated heterocycles. The molecule has 134 valence electrons. The lowest BCUT2D eigenvalue weighted by molar-refractivity contribution is -0.114. The molecule has 0 radical (unpaired) electrons. The van der Waals surface area contributed by atoms with Crippen molar-refractivity contribution in [2.75, 3.05) is 0 Å². The van der Waals surface area contributed by atoms with E-state index in [4.69, 9.17) is 4.74 Å². The Kier molecular flexibility index (Phi) is 5.11. The SMILES string of the molecule is CCC(=O)/C=C/Cc1c[nH]c2ncnc(OC3CCC(F)(F)CC3)c12. The predicted octanol–water partition coefficient (Wildman–Crippen LogP) is 3.99. The summed E-state index contributed by atoms with van der Waals surface area (Å²) in [5.41, 5.74) is 1.54. The third-order valence-corrected chi connectivity index (χ3v) is 4.45. The number of hydrogen-bond donors (Lipinski definition) is 1. The van der Waals surface area contributed by atoms with Crippen LogP contribution in [0.2, 0.25) is 0 Å². The highest BCUT2D eigenvalue weighted by molar-refractivity contribution is 5.89. The van der Waals surface area contributed by atoms with E-state index in [1.54, 1.807) is 12.2 Å². The molecular weight excluding hydrogens is 328 g/mol. The molecule has 3 rings (SSSR count). The summed E-state index contributed by atoms with van der Waals surface area (Å²) in [5.74, 6) is -2.11. The molecule has 0 amide bonds. The van der Waals surface area contributed by atoms with Crippen LogP contribution in [0.1, 0.15) is 44.6 Å². The zero-order valence-corrected chi connectivity index (χ0v) is 14.1. The second-order valence-corrected chi connectivity index (χ2v) is 6.32. The monoisotopic (exact) mass is 349 g/mol. The molecule has 2 heterocycles. The Balaban J connectivity index is 1.78. The highest BCUT2D eigenvalue weighted by Gasteiger charge is 2.36. The molecule has 0 aromatic carbocycles. The number of ether oxygens (including phenoxy) is 1. The summed E-state index contributed by atoms with van der Waals surface area (Å²) in [6, 6.07) is 0. The molecule has 1 aliphatic carbocycles. The van der Waals surface area contributed by atoms with Gasteiger partial charge in [-0.2, -0.15) is 0 Å². The fraction of sp³-hybridized carbons (Fsp3) is 0.500. The first-order chi connectivity index (χ1) is 12.0. The van der Waals surface area contributed by atoms with Gasteiger partial charge in [0.05, 0.1) is 5.39 Å². The van der Waals surface area contributed by atoms with E-state index in [2.05, 4.69) is 15.0 Å². The van der Waals surface area contributed by atoms with Crippen molar-refractivity contribution in [2.45, 2.75) is 57.5 Å². The Hall–Kier alpha value is -2.31. The number of carbonyl (C=O) groups is 1. The van der Waals surface area contributed by atoms with Crippen LogP contribution in [0.4, 0.5) is 8.78 Å². The van der Waals surface area contributed by atoms with E-state index >= 15 is 0 Å². The van der Waals surface area contributed by atoms with Crippen molar-refractivity contribution in [3.8, 4) is 5.88 Å². The predicted molar refractivity (Wildman–Crippen MR) is 89.9 cm³/mol. The van der Waals surface area contributed by atoms with Gasteiger partial charge in [-0.3, -0.25) is 4.79 Å². The summed E-state index contributed by atoms with van der Waals surface area (Å²) >= 11 is 0. The van der Waals surface area contributed by atoms with Gasteiger partial charge >= 0.3 is 0 Å². The minimum absolute atomic E-state index is 0.0655. The molecule has 1 aliphatic rings. The van der Waals surface area contributed by atoms with Gasteiger partial charge in [0.1, 0.15) is 18.1 Å². The van der Waals surface area contributed by atoms with Crippen LogP contribution < -0.4 is 4.74 Å². The van der Waals surface area contributed by atoms with Crippen LogP contribution in [-0.2, 0) is 11.2 Å². The summed E-state index contributed by atoms with van der Waals surface area (Å²) in [6.07, 6.45) is 7.60. The first kappa shape index (κ1) is 17.5. The summed E-state index contributed by atoms with van der Waals surface area (Å²) < 4.78 is 32.5. The van der Waals surface area contributed by atoms with Crippen LogP contribution >= 0.6 is 0 Å². The van der Waals surface area contributed by atoms with Crippen LogP contribution in [0.25, 0.3) is 11.0 Å². The molecule has 0 atom stereocenters. The Morgan fingerprint density at radius 1 is 1.40 bits per heavy atom. The molecule has 1 saturated carbocycles. The quantitative estimate of drug-likeness (QED) is 0.801. The van der Waals surface area contributed by atoms with E-state index in [1.165, 1.54) is 6.33 Å². The van der Waals surface area contributed by atoms with Gasteiger partial charge in [0, 0.05) is 25.5 Å². The number of aromatic amines is 1.